The van der Waals surface area contributed by atoms with Crippen LogP contribution >= 0.6 is 11.3 Å². The smallest absolute Gasteiger partial charge is 0.337 e. The topological polar surface area (TPSA) is 72.5 Å². The lowest BCUT2D eigenvalue weighted by molar-refractivity contribution is 0.0600. The van der Waals surface area contributed by atoms with E-state index in [-0.39, 0.29) is 4.90 Å². The van der Waals surface area contributed by atoms with Crippen molar-refractivity contribution in [2.45, 2.75) is 17.9 Å². The van der Waals surface area contributed by atoms with Crippen LogP contribution in [0.3, 0.4) is 0 Å². The van der Waals surface area contributed by atoms with E-state index in [1.807, 2.05) is 48.7 Å². The molecule has 0 radical (unpaired) electrons. The number of hydrogen-bond donors (Lipinski definition) is 1. The molecule has 2 aromatic carbocycles. The Labute approximate surface area is 162 Å². The van der Waals surface area contributed by atoms with Crippen LogP contribution in [-0.4, -0.2) is 21.5 Å². The van der Waals surface area contributed by atoms with Gasteiger partial charge in [0.2, 0.25) is 10.0 Å². The minimum Gasteiger partial charge on any atom is -0.465 e. The molecule has 3 rings (SSSR count). The maximum atomic E-state index is 12.9. The first-order chi connectivity index (χ1) is 12.9. The standard InChI is InChI=1S/C20H19NO4S2/c1-14-5-7-15(8-6-14)19(18-4-3-13-26-18)21-27(23,24)17-11-9-16(10-12-17)20(22)25-2/h3-13,19,21H,1-2H3/t19-/m1/s1. The van der Waals surface area contributed by atoms with Gasteiger partial charge in [-0.25, -0.2) is 13.2 Å². The van der Waals surface area contributed by atoms with Crippen LogP contribution in [0.4, 0.5) is 0 Å². The van der Waals surface area contributed by atoms with Crippen molar-refractivity contribution in [3.05, 3.63) is 87.6 Å². The molecule has 0 spiro atoms. The summed E-state index contributed by atoms with van der Waals surface area (Å²) in [5, 5.41) is 1.91. The predicted molar refractivity (Wildman–Crippen MR) is 105 cm³/mol. The predicted octanol–water partition coefficient (Wildman–Crippen LogP) is 3.91. The normalized spacial score (nSPS) is 12.5. The van der Waals surface area contributed by atoms with Gasteiger partial charge in [-0.1, -0.05) is 35.9 Å². The Morgan fingerprint density at radius 2 is 1.70 bits per heavy atom. The van der Waals surface area contributed by atoms with Gasteiger partial charge in [0.05, 0.1) is 23.6 Å². The van der Waals surface area contributed by atoms with Gasteiger partial charge in [-0.2, -0.15) is 4.72 Å². The fraction of sp³-hybridized carbons (Fsp3) is 0.150. The number of methoxy groups -OCH3 is 1. The highest BCUT2D eigenvalue weighted by Gasteiger charge is 2.24. The van der Waals surface area contributed by atoms with Crippen molar-refractivity contribution in [3.63, 3.8) is 0 Å². The maximum absolute atomic E-state index is 12.9. The summed E-state index contributed by atoms with van der Waals surface area (Å²) < 4.78 is 33.2. The Kier molecular flexibility index (Phi) is 5.74. The fourth-order valence-electron chi connectivity index (χ4n) is 2.62. The zero-order valence-corrected chi connectivity index (χ0v) is 16.5. The lowest BCUT2D eigenvalue weighted by Crippen LogP contribution is -2.29. The van der Waals surface area contributed by atoms with E-state index in [1.54, 1.807) is 0 Å². The van der Waals surface area contributed by atoms with Crippen molar-refractivity contribution in [3.8, 4) is 0 Å². The minimum absolute atomic E-state index is 0.0869. The third-order valence-corrected chi connectivity index (χ3v) is 6.47. The summed E-state index contributed by atoms with van der Waals surface area (Å²) in [4.78, 5) is 12.5. The number of benzene rings is 2. The third-order valence-electron chi connectivity index (χ3n) is 4.10. The van der Waals surface area contributed by atoms with E-state index in [9.17, 15) is 13.2 Å². The zero-order valence-electron chi connectivity index (χ0n) is 14.9. The number of ether oxygens (including phenoxy) is 1. The molecule has 0 bridgehead atoms. The quantitative estimate of drug-likeness (QED) is 0.636. The maximum Gasteiger partial charge on any atom is 0.337 e. The van der Waals surface area contributed by atoms with E-state index in [0.29, 0.717) is 5.56 Å². The monoisotopic (exact) mass is 401 g/mol. The first-order valence-corrected chi connectivity index (χ1v) is 10.6. The average Bonchev–Trinajstić information content (AvgIpc) is 3.21. The molecule has 0 saturated heterocycles. The second-order valence-corrected chi connectivity index (χ2v) is 8.69. The molecule has 3 aromatic rings. The Hall–Kier alpha value is -2.48. The van der Waals surface area contributed by atoms with Crippen LogP contribution in [0.15, 0.2) is 70.9 Å². The van der Waals surface area contributed by atoms with Gasteiger partial charge in [-0.05, 0) is 48.2 Å². The van der Waals surface area contributed by atoms with E-state index < -0.39 is 22.0 Å². The number of aryl methyl sites for hydroxylation is 1. The number of hydrogen-bond acceptors (Lipinski definition) is 5. The van der Waals surface area contributed by atoms with Gasteiger partial charge in [-0.15, -0.1) is 11.3 Å². The van der Waals surface area contributed by atoms with E-state index in [4.69, 9.17) is 0 Å². The van der Waals surface area contributed by atoms with E-state index >= 15 is 0 Å². The van der Waals surface area contributed by atoms with Crippen molar-refractivity contribution < 1.29 is 17.9 Å². The van der Waals surface area contributed by atoms with Crippen LogP contribution in [0.5, 0.6) is 0 Å². The molecular formula is C20H19NO4S2. The molecular weight excluding hydrogens is 382 g/mol. The first kappa shape index (κ1) is 19.3. The molecule has 7 heteroatoms. The summed E-state index contributed by atoms with van der Waals surface area (Å²) >= 11 is 1.49. The van der Waals surface area contributed by atoms with Crippen molar-refractivity contribution >= 4 is 27.3 Å². The Bertz CT molecular complexity index is 1010. The number of esters is 1. The van der Waals surface area contributed by atoms with Crippen LogP contribution in [0.1, 0.15) is 32.4 Å². The summed E-state index contributed by atoms with van der Waals surface area (Å²) in [6.45, 7) is 1.98. The first-order valence-electron chi connectivity index (χ1n) is 8.21. The number of carbonyl (C=O) groups excluding carboxylic acids is 1. The SMILES string of the molecule is COC(=O)c1ccc(S(=O)(=O)N[C@H](c2ccc(C)cc2)c2cccs2)cc1. The molecule has 0 unspecified atom stereocenters. The molecule has 0 amide bonds. The molecule has 0 saturated carbocycles. The lowest BCUT2D eigenvalue weighted by Gasteiger charge is -2.18. The van der Waals surface area contributed by atoms with Gasteiger partial charge in [0.15, 0.2) is 0 Å². The summed E-state index contributed by atoms with van der Waals surface area (Å²) in [6, 6.07) is 16.7. The van der Waals surface area contributed by atoms with Crippen LogP contribution < -0.4 is 4.72 Å². The number of rotatable bonds is 6. The Morgan fingerprint density at radius 1 is 1.04 bits per heavy atom. The van der Waals surface area contributed by atoms with Crippen molar-refractivity contribution in [1.29, 1.82) is 0 Å². The zero-order chi connectivity index (χ0) is 19.4. The molecule has 1 atom stereocenters. The van der Waals surface area contributed by atoms with E-state index in [0.717, 1.165) is 16.0 Å². The molecule has 1 heterocycles. The Balaban J connectivity index is 1.92. The minimum atomic E-state index is -3.79. The summed E-state index contributed by atoms with van der Waals surface area (Å²) in [6.07, 6.45) is 0. The molecule has 1 N–H and O–H groups in total. The second kappa shape index (κ2) is 8.04. The summed E-state index contributed by atoms with van der Waals surface area (Å²) in [7, 11) is -2.51. The molecule has 0 fully saturated rings. The lowest BCUT2D eigenvalue weighted by atomic mass is 10.0. The van der Waals surface area contributed by atoms with Gasteiger partial charge in [0.25, 0.3) is 0 Å². The number of carbonyl (C=O) groups is 1. The van der Waals surface area contributed by atoms with E-state index in [2.05, 4.69) is 9.46 Å². The highest BCUT2D eigenvalue weighted by atomic mass is 32.2. The van der Waals surface area contributed by atoms with Crippen LogP contribution in [0, 0.1) is 6.92 Å². The number of thiophene rings is 1. The summed E-state index contributed by atoms with van der Waals surface area (Å²) in [5.41, 5.74) is 2.26. The Morgan fingerprint density at radius 3 is 2.26 bits per heavy atom. The van der Waals surface area contributed by atoms with E-state index in [1.165, 1.54) is 42.7 Å². The van der Waals surface area contributed by atoms with Crippen molar-refractivity contribution in [1.82, 2.24) is 4.72 Å². The highest BCUT2D eigenvalue weighted by Crippen LogP contribution is 2.28. The van der Waals surface area contributed by atoms with Gasteiger partial charge >= 0.3 is 5.97 Å². The largest absolute Gasteiger partial charge is 0.465 e. The second-order valence-electron chi connectivity index (χ2n) is 6.00. The molecule has 0 aliphatic rings. The molecule has 140 valence electrons. The van der Waals surface area contributed by atoms with Crippen LogP contribution in [0.25, 0.3) is 0 Å². The van der Waals surface area contributed by atoms with Gasteiger partial charge < -0.3 is 4.74 Å². The van der Waals surface area contributed by atoms with Gasteiger partial charge in [-0.3, -0.25) is 0 Å². The van der Waals surface area contributed by atoms with Crippen molar-refractivity contribution in [2.75, 3.05) is 7.11 Å². The fourth-order valence-corrected chi connectivity index (χ4v) is 4.70. The third kappa shape index (κ3) is 4.44. The average molecular weight is 402 g/mol. The highest BCUT2D eigenvalue weighted by molar-refractivity contribution is 7.89. The molecule has 0 aliphatic heterocycles. The number of sulfonamides is 1. The number of nitrogens with one attached hydrogen (secondary N) is 1. The molecule has 1 aromatic heterocycles. The van der Waals surface area contributed by atoms with Crippen molar-refractivity contribution in [2.24, 2.45) is 0 Å². The van der Waals surface area contributed by atoms with Gasteiger partial charge in [0, 0.05) is 4.88 Å². The summed E-state index contributed by atoms with van der Waals surface area (Å²) in [5.74, 6) is -0.511. The molecule has 27 heavy (non-hydrogen) atoms. The molecule has 0 aliphatic carbocycles. The van der Waals surface area contributed by atoms with Gasteiger partial charge in [0.1, 0.15) is 0 Å². The van der Waals surface area contributed by atoms with Crippen LogP contribution in [-0.2, 0) is 14.8 Å². The van der Waals surface area contributed by atoms with Crippen LogP contribution in [0.2, 0.25) is 0 Å². The molecule has 5 nitrogen and oxygen atoms in total.